The molecule has 0 N–H and O–H groups in total. The fraction of sp³-hybridized carbons (Fsp3) is 0.312. The Bertz CT molecular complexity index is 608. The minimum absolute atomic E-state index is 0.395. The van der Waals surface area contributed by atoms with E-state index in [0.29, 0.717) is 5.88 Å². The van der Waals surface area contributed by atoms with E-state index in [1.165, 1.54) is 11.1 Å². The van der Waals surface area contributed by atoms with Crippen molar-refractivity contribution in [3.8, 4) is 11.5 Å². The van der Waals surface area contributed by atoms with Crippen LogP contribution in [0.1, 0.15) is 27.9 Å². The van der Waals surface area contributed by atoms with Gasteiger partial charge in [-0.2, -0.15) is 0 Å². The van der Waals surface area contributed by atoms with Crippen molar-refractivity contribution in [2.24, 2.45) is 0 Å². The maximum absolute atomic E-state index is 6.05. The number of rotatable bonds is 3. The Morgan fingerprint density at radius 3 is 2.47 bits per heavy atom. The van der Waals surface area contributed by atoms with Crippen molar-refractivity contribution >= 4 is 11.6 Å². The van der Waals surface area contributed by atoms with E-state index in [-0.39, 0.29) is 0 Å². The van der Waals surface area contributed by atoms with E-state index in [4.69, 9.17) is 16.3 Å². The lowest BCUT2D eigenvalue weighted by molar-refractivity contribution is 0.472. The van der Waals surface area contributed by atoms with Gasteiger partial charge in [-0.3, -0.25) is 4.98 Å². The third-order valence-corrected chi connectivity index (χ3v) is 3.50. The zero-order valence-electron chi connectivity index (χ0n) is 11.7. The molecule has 0 saturated heterocycles. The zero-order valence-corrected chi connectivity index (χ0v) is 12.5. The van der Waals surface area contributed by atoms with Crippen LogP contribution in [0.25, 0.3) is 0 Å². The highest BCUT2D eigenvalue weighted by Gasteiger charge is 2.09. The summed E-state index contributed by atoms with van der Waals surface area (Å²) in [5, 5.41) is 0. The first kappa shape index (κ1) is 13.9. The highest BCUT2D eigenvalue weighted by atomic mass is 35.5. The predicted molar refractivity (Wildman–Crippen MR) is 79.3 cm³/mol. The van der Waals surface area contributed by atoms with Crippen LogP contribution >= 0.6 is 11.6 Å². The largest absolute Gasteiger partial charge is 0.457 e. The van der Waals surface area contributed by atoms with Crippen LogP contribution in [0.3, 0.4) is 0 Å². The van der Waals surface area contributed by atoms with Gasteiger partial charge in [-0.1, -0.05) is 6.07 Å². The topological polar surface area (TPSA) is 22.1 Å². The number of benzene rings is 1. The number of ether oxygens (including phenoxy) is 1. The summed E-state index contributed by atoms with van der Waals surface area (Å²) in [6, 6.07) is 6.13. The fourth-order valence-electron chi connectivity index (χ4n) is 1.98. The van der Waals surface area contributed by atoms with Gasteiger partial charge < -0.3 is 4.74 Å². The zero-order chi connectivity index (χ0) is 14.0. The van der Waals surface area contributed by atoms with Gasteiger partial charge in [0.15, 0.2) is 0 Å². The summed E-state index contributed by atoms with van der Waals surface area (Å²) >= 11 is 5.93. The maximum atomic E-state index is 6.05. The predicted octanol–water partition coefficient (Wildman–Crippen LogP) is 4.85. The molecule has 100 valence electrons. The molecule has 0 unspecified atom stereocenters. The lowest BCUT2D eigenvalue weighted by Gasteiger charge is -2.14. The smallest absolute Gasteiger partial charge is 0.135 e. The van der Waals surface area contributed by atoms with E-state index >= 15 is 0 Å². The number of aryl methyl sites for hydroxylation is 3. The summed E-state index contributed by atoms with van der Waals surface area (Å²) in [5.41, 5.74) is 5.40. The van der Waals surface area contributed by atoms with E-state index in [9.17, 15) is 0 Å². The van der Waals surface area contributed by atoms with E-state index in [1.807, 2.05) is 13.0 Å². The summed E-state index contributed by atoms with van der Waals surface area (Å²) in [4.78, 5) is 4.25. The molecule has 2 nitrogen and oxygen atoms in total. The molecular formula is C16H18ClNO. The van der Waals surface area contributed by atoms with Crippen molar-refractivity contribution < 1.29 is 4.74 Å². The average Bonchev–Trinajstić information content (AvgIpc) is 2.35. The van der Waals surface area contributed by atoms with Gasteiger partial charge in [0.1, 0.15) is 11.5 Å². The first-order chi connectivity index (χ1) is 9.01. The summed E-state index contributed by atoms with van der Waals surface area (Å²) in [5.74, 6) is 2.07. The molecule has 19 heavy (non-hydrogen) atoms. The van der Waals surface area contributed by atoms with Crippen LogP contribution in [0.4, 0.5) is 0 Å². The Morgan fingerprint density at radius 2 is 1.79 bits per heavy atom. The number of halogens is 1. The molecule has 0 saturated carbocycles. The molecular weight excluding hydrogens is 258 g/mol. The van der Waals surface area contributed by atoms with Crippen LogP contribution in [0.15, 0.2) is 24.4 Å². The Hall–Kier alpha value is -1.54. The molecule has 1 aromatic carbocycles. The molecule has 0 amide bonds. The number of aromatic nitrogens is 1. The van der Waals surface area contributed by atoms with Gasteiger partial charge in [-0.05, 0) is 50.5 Å². The Kier molecular flexibility index (Phi) is 4.11. The third-order valence-electron chi connectivity index (χ3n) is 3.21. The Morgan fingerprint density at radius 1 is 1.05 bits per heavy atom. The molecule has 2 rings (SSSR count). The lowest BCUT2D eigenvalue weighted by atomic mass is 10.1. The molecule has 1 heterocycles. The minimum atomic E-state index is 0.395. The van der Waals surface area contributed by atoms with Crippen molar-refractivity contribution in [3.05, 3.63) is 52.3 Å². The monoisotopic (exact) mass is 275 g/mol. The fourth-order valence-corrected chi connectivity index (χ4v) is 2.18. The number of hydrogen-bond acceptors (Lipinski definition) is 2. The highest BCUT2D eigenvalue weighted by Crippen LogP contribution is 2.31. The average molecular weight is 276 g/mol. The number of hydrogen-bond donors (Lipinski definition) is 0. The summed E-state index contributed by atoms with van der Waals surface area (Å²) in [6.07, 6.45) is 1.77. The molecule has 0 radical (unpaired) electrons. The van der Waals surface area contributed by atoms with Crippen molar-refractivity contribution in [3.63, 3.8) is 0 Å². The molecule has 0 aliphatic rings. The molecule has 0 atom stereocenters. The molecule has 0 aliphatic heterocycles. The van der Waals surface area contributed by atoms with Gasteiger partial charge in [-0.25, -0.2) is 0 Å². The van der Waals surface area contributed by atoms with Crippen molar-refractivity contribution in [2.45, 2.75) is 33.6 Å². The van der Waals surface area contributed by atoms with Gasteiger partial charge >= 0.3 is 0 Å². The number of nitrogens with zero attached hydrogens (tertiary/aromatic N) is 1. The lowest BCUT2D eigenvalue weighted by Crippen LogP contribution is -1.96. The van der Waals surface area contributed by atoms with E-state index in [1.54, 1.807) is 6.20 Å². The van der Waals surface area contributed by atoms with Crippen LogP contribution in [-0.4, -0.2) is 4.98 Å². The second kappa shape index (κ2) is 5.62. The van der Waals surface area contributed by atoms with Crippen LogP contribution in [0, 0.1) is 27.7 Å². The summed E-state index contributed by atoms with van der Waals surface area (Å²) in [7, 11) is 0. The van der Waals surface area contributed by atoms with Crippen LogP contribution in [0.5, 0.6) is 11.5 Å². The quantitative estimate of drug-likeness (QED) is 0.747. The standard InChI is InChI=1S/C16H18ClNO/c1-10-5-11(2)13(4)15(6-10)19-16-7-12(3)18-9-14(16)8-17/h5-7,9H,8H2,1-4H3. The summed E-state index contributed by atoms with van der Waals surface area (Å²) in [6.45, 7) is 8.17. The van der Waals surface area contributed by atoms with E-state index < -0.39 is 0 Å². The molecule has 0 bridgehead atoms. The minimum Gasteiger partial charge on any atom is -0.457 e. The Labute approximate surface area is 119 Å². The van der Waals surface area contributed by atoms with Crippen LogP contribution < -0.4 is 4.74 Å². The molecule has 2 aromatic rings. The van der Waals surface area contributed by atoms with Gasteiger partial charge in [0.2, 0.25) is 0 Å². The normalized spacial score (nSPS) is 10.6. The van der Waals surface area contributed by atoms with Gasteiger partial charge in [-0.15, -0.1) is 11.6 Å². The van der Waals surface area contributed by atoms with Gasteiger partial charge in [0.25, 0.3) is 0 Å². The number of alkyl halides is 1. The maximum Gasteiger partial charge on any atom is 0.135 e. The first-order valence-corrected chi connectivity index (χ1v) is 6.82. The molecule has 0 spiro atoms. The number of pyridine rings is 1. The third kappa shape index (κ3) is 3.07. The first-order valence-electron chi connectivity index (χ1n) is 6.28. The molecule has 1 aromatic heterocycles. The second-order valence-corrected chi connectivity index (χ2v) is 5.14. The van der Waals surface area contributed by atoms with Crippen molar-refractivity contribution in [1.82, 2.24) is 4.98 Å². The summed E-state index contributed by atoms with van der Waals surface area (Å²) < 4.78 is 6.05. The molecule has 3 heteroatoms. The SMILES string of the molecule is Cc1cc(C)c(C)c(Oc2cc(C)ncc2CCl)c1. The van der Waals surface area contributed by atoms with Crippen LogP contribution in [-0.2, 0) is 5.88 Å². The molecule has 0 aliphatic carbocycles. The van der Waals surface area contributed by atoms with E-state index in [0.717, 1.165) is 28.3 Å². The van der Waals surface area contributed by atoms with Crippen molar-refractivity contribution in [1.29, 1.82) is 0 Å². The van der Waals surface area contributed by atoms with Gasteiger partial charge in [0.05, 0.1) is 5.88 Å². The van der Waals surface area contributed by atoms with Crippen LogP contribution in [0.2, 0.25) is 0 Å². The van der Waals surface area contributed by atoms with Crippen molar-refractivity contribution in [2.75, 3.05) is 0 Å². The second-order valence-electron chi connectivity index (χ2n) is 4.87. The van der Waals surface area contributed by atoms with E-state index in [2.05, 4.69) is 37.9 Å². The highest BCUT2D eigenvalue weighted by molar-refractivity contribution is 6.17. The Balaban J connectivity index is 2.44. The molecule has 0 fully saturated rings. The van der Waals surface area contributed by atoms with Gasteiger partial charge in [0, 0.05) is 23.5 Å².